The van der Waals surface area contributed by atoms with Crippen LogP contribution in [0.4, 0.5) is 0 Å². The first-order valence-electron chi connectivity index (χ1n) is 5.41. The van der Waals surface area contributed by atoms with E-state index in [1.54, 1.807) is 30.0 Å². The minimum atomic E-state index is -0.143. The number of thiol groups is 1. The molecule has 0 aromatic heterocycles. The first kappa shape index (κ1) is 14.7. The lowest BCUT2D eigenvalue weighted by Gasteiger charge is -2.14. The highest BCUT2D eigenvalue weighted by atomic mass is 35.5. The molecule has 0 saturated carbocycles. The van der Waals surface area contributed by atoms with Gasteiger partial charge in [0.05, 0.1) is 10.6 Å². The van der Waals surface area contributed by atoms with Gasteiger partial charge >= 0.3 is 0 Å². The van der Waals surface area contributed by atoms with Crippen LogP contribution in [0.5, 0.6) is 0 Å². The quantitative estimate of drug-likeness (QED) is 0.813. The molecule has 1 aromatic carbocycles. The van der Waals surface area contributed by atoms with Gasteiger partial charge in [-0.1, -0.05) is 18.5 Å². The minimum absolute atomic E-state index is 0.132. The number of carbonyl (C=O) groups excluding carboxylic acids is 1. The van der Waals surface area contributed by atoms with Gasteiger partial charge in [0, 0.05) is 16.7 Å². The topological polar surface area (TPSA) is 29.1 Å². The van der Waals surface area contributed by atoms with E-state index in [-0.39, 0.29) is 11.9 Å². The molecule has 94 valence electrons. The van der Waals surface area contributed by atoms with Crippen LogP contribution in [0, 0.1) is 0 Å². The Labute approximate surface area is 117 Å². The smallest absolute Gasteiger partial charge is 0.253 e. The van der Waals surface area contributed by atoms with Gasteiger partial charge in [0.2, 0.25) is 0 Å². The summed E-state index contributed by atoms with van der Waals surface area (Å²) < 4.78 is 0. The number of benzene rings is 1. The average molecular weight is 290 g/mol. The van der Waals surface area contributed by atoms with E-state index in [4.69, 9.17) is 11.6 Å². The Morgan fingerprint density at radius 2 is 2.29 bits per heavy atom. The van der Waals surface area contributed by atoms with Crippen LogP contribution in [0.15, 0.2) is 23.1 Å². The van der Waals surface area contributed by atoms with Crippen molar-refractivity contribution in [2.45, 2.75) is 24.8 Å². The molecule has 2 nitrogen and oxygen atoms in total. The molecule has 0 fully saturated rings. The minimum Gasteiger partial charge on any atom is -0.349 e. The molecule has 0 aliphatic heterocycles. The molecule has 0 radical (unpaired) electrons. The van der Waals surface area contributed by atoms with Crippen LogP contribution in [0.2, 0.25) is 5.02 Å². The van der Waals surface area contributed by atoms with Gasteiger partial charge in [-0.25, -0.2) is 0 Å². The fourth-order valence-electron chi connectivity index (χ4n) is 1.33. The Morgan fingerprint density at radius 1 is 1.59 bits per heavy atom. The number of rotatable bonds is 5. The molecule has 1 aromatic rings. The summed E-state index contributed by atoms with van der Waals surface area (Å²) in [4.78, 5) is 12.7. The first-order valence-corrected chi connectivity index (χ1v) is 7.39. The van der Waals surface area contributed by atoms with Crippen molar-refractivity contribution >= 4 is 41.9 Å². The van der Waals surface area contributed by atoms with E-state index in [2.05, 4.69) is 24.9 Å². The zero-order valence-electron chi connectivity index (χ0n) is 9.87. The van der Waals surface area contributed by atoms with Crippen LogP contribution in [0.3, 0.4) is 0 Å². The summed E-state index contributed by atoms with van der Waals surface area (Å²) in [5, 5.41) is 3.38. The van der Waals surface area contributed by atoms with Crippen LogP contribution in [-0.2, 0) is 0 Å². The van der Waals surface area contributed by atoms with Crippen molar-refractivity contribution < 1.29 is 4.79 Å². The van der Waals surface area contributed by atoms with Gasteiger partial charge in [0.15, 0.2) is 0 Å². The largest absolute Gasteiger partial charge is 0.349 e. The molecule has 0 aliphatic carbocycles. The van der Waals surface area contributed by atoms with Crippen LogP contribution in [-0.4, -0.2) is 23.5 Å². The molecule has 0 saturated heterocycles. The third-order valence-corrected chi connectivity index (χ3v) is 3.90. The van der Waals surface area contributed by atoms with Crippen molar-refractivity contribution in [3.8, 4) is 0 Å². The van der Waals surface area contributed by atoms with E-state index in [0.717, 1.165) is 16.4 Å². The van der Waals surface area contributed by atoms with E-state index in [0.29, 0.717) is 10.6 Å². The van der Waals surface area contributed by atoms with Gasteiger partial charge in [-0.3, -0.25) is 4.79 Å². The normalized spacial score (nSPS) is 12.2. The molecule has 0 spiro atoms. The van der Waals surface area contributed by atoms with Gasteiger partial charge in [0.25, 0.3) is 5.91 Å². The van der Waals surface area contributed by atoms with Gasteiger partial charge in [0.1, 0.15) is 0 Å². The number of hydrogen-bond donors (Lipinski definition) is 2. The van der Waals surface area contributed by atoms with Gasteiger partial charge in [-0.15, -0.1) is 12.6 Å². The number of thioether (sulfide) groups is 1. The molecule has 5 heteroatoms. The second-order valence-electron chi connectivity index (χ2n) is 3.70. The SMILES string of the molecule is CCSCC(C)NC(=O)c1cc(S)ccc1Cl. The first-order chi connectivity index (χ1) is 8.04. The average Bonchev–Trinajstić information content (AvgIpc) is 2.29. The Kier molecular flexibility index (Phi) is 6.23. The van der Waals surface area contributed by atoms with Crippen LogP contribution >= 0.6 is 36.0 Å². The van der Waals surface area contributed by atoms with E-state index >= 15 is 0 Å². The van der Waals surface area contributed by atoms with Crippen molar-refractivity contribution in [2.75, 3.05) is 11.5 Å². The van der Waals surface area contributed by atoms with E-state index in [9.17, 15) is 4.79 Å². The zero-order valence-corrected chi connectivity index (χ0v) is 12.3. The Balaban J connectivity index is 2.66. The maximum Gasteiger partial charge on any atom is 0.253 e. The van der Waals surface area contributed by atoms with Gasteiger partial charge in [-0.2, -0.15) is 11.8 Å². The molecule has 1 atom stereocenters. The molecule has 0 heterocycles. The molecular formula is C12H16ClNOS2. The van der Waals surface area contributed by atoms with E-state index < -0.39 is 0 Å². The molecule has 17 heavy (non-hydrogen) atoms. The molecular weight excluding hydrogens is 274 g/mol. The molecule has 0 bridgehead atoms. The zero-order chi connectivity index (χ0) is 12.8. The van der Waals surface area contributed by atoms with Crippen molar-refractivity contribution in [1.29, 1.82) is 0 Å². The van der Waals surface area contributed by atoms with Gasteiger partial charge < -0.3 is 5.32 Å². The highest BCUT2D eigenvalue weighted by molar-refractivity contribution is 7.99. The maximum absolute atomic E-state index is 12.0. The Morgan fingerprint density at radius 3 is 2.94 bits per heavy atom. The monoisotopic (exact) mass is 289 g/mol. The molecule has 1 N–H and O–H groups in total. The lowest BCUT2D eigenvalue weighted by Crippen LogP contribution is -2.34. The number of hydrogen-bond acceptors (Lipinski definition) is 3. The predicted molar refractivity (Wildman–Crippen MR) is 78.6 cm³/mol. The number of carbonyl (C=O) groups is 1. The molecule has 1 rings (SSSR count). The standard InChI is InChI=1S/C12H16ClNOS2/c1-3-17-7-8(2)14-12(15)10-6-9(16)4-5-11(10)13/h4-6,8,16H,3,7H2,1-2H3,(H,14,15). The fraction of sp³-hybridized carbons (Fsp3) is 0.417. The Bertz CT molecular complexity index is 398. The molecule has 0 aliphatic rings. The second kappa shape index (κ2) is 7.19. The summed E-state index contributed by atoms with van der Waals surface area (Å²) in [6, 6.07) is 5.26. The fourth-order valence-corrected chi connectivity index (χ4v) is 2.40. The second-order valence-corrected chi connectivity index (χ2v) is 5.94. The summed E-state index contributed by atoms with van der Waals surface area (Å²) in [5.74, 6) is 1.81. The maximum atomic E-state index is 12.0. The van der Waals surface area contributed by atoms with Crippen LogP contribution < -0.4 is 5.32 Å². The van der Waals surface area contributed by atoms with Crippen molar-refractivity contribution in [3.05, 3.63) is 28.8 Å². The number of halogens is 1. The predicted octanol–water partition coefficient (Wildman–Crippen LogP) is 3.50. The third kappa shape index (κ3) is 4.82. The number of nitrogens with one attached hydrogen (secondary N) is 1. The number of amides is 1. The van der Waals surface area contributed by atoms with E-state index in [1.165, 1.54) is 0 Å². The van der Waals surface area contributed by atoms with Crippen molar-refractivity contribution in [3.63, 3.8) is 0 Å². The summed E-state index contributed by atoms with van der Waals surface area (Å²) >= 11 is 12.0. The summed E-state index contributed by atoms with van der Waals surface area (Å²) in [6.07, 6.45) is 0. The van der Waals surface area contributed by atoms with Gasteiger partial charge in [-0.05, 0) is 30.9 Å². The summed E-state index contributed by atoms with van der Waals surface area (Å²) in [5.41, 5.74) is 0.479. The summed E-state index contributed by atoms with van der Waals surface area (Å²) in [6.45, 7) is 4.08. The van der Waals surface area contributed by atoms with Crippen molar-refractivity contribution in [2.24, 2.45) is 0 Å². The third-order valence-electron chi connectivity index (χ3n) is 2.14. The van der Waals surface area contributed by atoms with Crippen molar-refractivity contribution in [1.82, 2.24) is 5.32 Å². The highest BCUT2D eigenvalue weighted by Gasteiger charge is 2.13. The van der Waals surface area contributed by atoms with E-state index in [1.807, 2.05) is 6.92 Å². The molecule has 1 unspecified atom stereocenters. The molecule has 1 amide bonds. The summed E-state index contributed by atoms with van der Waals surface area (Å²) in [7, 11) is 0. The highest BCUT2D eigenvalue weighted by Crippen LogP contribution is 2.19. The Hall–Kier alpha value is -0.320. The van der Waals surface area contributed by atoms with Crippen LogP contribution in [0.25, 0.3) is 0 Å². The lowest BCUT2D eigenvalue weighted by atomic mass is 10.2. The van der Waals surface area contributed by atoms with Crippen LogP contribution in [0.1, 0.15) is 24.2 Å². The lowest BCUT2D eigenvalue weighted by molar-refractivity contribution is 0.0943.